The highest BCUT2D eigenvalue weighted by Crippen LogP contribution is 2.26. The molecular formula is C12H14BrN3OS. The number of nitrogens with one attached hydrogen (secondary N) is 1. The summed E-state index contributed by atoms with van der Waals surface area (Å²) in [6.07, 6.45) is 4.52. The number of aromatic nitrogens is 1. The van der Waals surface area contributed by atoms with Crippen molar-refractivity contribution >= 4 is 39.0 Å². The third-order valence-corrected chi connectivity index (χ3v) is 3.93. The quantitative estimate of drug-likeness (QED) is 0.833. The molecule has 2 unspecified atom stereocenters. The van der Waals surface area contributed by atoms with Gasteiger partial charge >= 0.3 is 0 Å². The molecule has 0 radical (unpaired) electrons. The van der Waals surface area contributed by atoms with Gasteiger partial charge in [-0.1, -0.05) is 18.6 Å². The molecule has 0 aliphatic heterocycles. The molecule has 0 bridgehead atoms. The molecule has 0 saturated heterocycles. The van der Waals surface area contributed by atoms with Crippen LogP contribution in [-0.4, -0.2) is 21.9 Å². The Morgan fingerprint density at radius 3 is 2.89 bits per heavy atom. The lowest BCUT2D eigenvalue weighted by Crippen LogP contribution is -2.41. The zero-order valence-corrected chi connectivity index (χ0v) is 12.1. The van der Waals surface area contributed by atoms with E-state index >= 15 is 0 Å². The summed E-state index contributed by atoms with van der Waals surface area (Å²) in [6.45, 7) is 0. The maximum atomic E-state index is 12.0. The number of pyridine rings is 1. The predicted octanol–water partition coefficient (Wildman–Crippen LogP) is 2.03. The van der Waals surface area contributed by atoms with Crippen LogP contribution in [0.5, 0.6) is 0 Å². The van der Waals surface area contributed by atoms with E-state index in [9.17, 15) is 4.79 Å². The number of carbonyl (C=O) groups is 1. The van der Waals surface area contributed by atoms with E-state index in [1.54, 1.807) is 18.3 Å². The molecule has 1 aliphatic rings. The number of halogens is 1. The number of hydrogen-bond donors (Lipinski definition) is 2. The molecule has 1 aromatic heterocycles. The highest BCUT2D eigenvalue weighted by molar-refractivity contribution is 9.10. The van der Waals surface area contributed by atoms with Crippen molar-refractivity contribution in [2.75, 3.05) is 0 Å². The van der Waals surface area contributed by atoms with Gasteiger partial charge in [0.15, 0.2) is 0 Å². The lowest BCUT2D eigenvalue weighted by molar-refractivity contribution is 0.0928. The Labute approximate surface area is 119 Å². The summed E-state index contributed by atoms with van der Waals surface area (Å²) in [7, 11) is 0. The average Bonchev–Trinajstić information content (AvgIpc) is 2.78. The molecule has 2 atom stereocenters. The third-order valence-electron chi connectivity index (χ3n) is 3.16. The second-order valence-electron chi connectivity index (χ2n) is 4.38. The molecule has 6 heteroatoms. The molecule has 3 N–H and O–H groups in total. The summed E-state index contributed by atoms with van der Waals surface area (Å²) < 4.78 is 0.848. The van der Waals surface area contributed by atoms with Gasteiger partial charge in [0.1, 0.15) is 5.69 Å². The van der Waals surface area contributed by atoms with Gasteiger partial charge in [-0.15, -0.1) is 0 Å². The third kappa shape index (κ3) is 3.05. The Hall–Kier alpha value is -1.01. The molecule has 1 amide bonds. The molecule has 2 rings (SSSR count). The largest absolute Gasteiger partial charge is 0.393 e. The van der Waals surface area contributed by atoms with Gasteiger partial charge in [-0.3, -0.25) is 4.79 Å². The van der Waals surface area contributed by atoms with Crippen LogP contribution >= 0.6 is 28.1 Å². The Bertz CT molecular complexity index is 463. The van der Waals surface area contributed by atoms with Crippen molar-refractivity contribution in [3.05, 3.63) is 28.5 Å². The molecule has 1 aliphatic carbocycles. The highest BCUT2D eigenvalue weighted by Gasteiger charge is 2.30. The number of thiocarbonyl (C=S) groups is 1. The van der Waals surface area contributed by atoms with Crippen molar-refractivity contribution in [1.82, 2.24) is 10.3 Å². The normalized spacial score (nSPS) is 22.7. The lowest BCUT2D eigenvalue weighted by atomic mass is 10.0. The van der Waals surface area contributed by atoms with Crippen LogP contribution in [0.2, 0.25) is 0 Å². The molecule has 96 valence electrons. The molecule has 4 nitrogen and oxygen atoms in total. The van der Waals surface area contributed by atoms with Crippen molar-refractivity contribution in [2.45, 2.75) is 25.3 Å². The summed E-state index contributed by atoms with van der Waals surface area (Å²) in [5.41, 5.74) is 6.09. The van der Waals surface area contributed by atoms with Crippen LogP contribution in [0.1, 0.15) is 29.8 Å². The minimum absolute atomic E-state index is 0.0421. The maximum Gasteiger partial charge on any atom is 0.270 e. The summed E-state index contributed by atoms with van der Waals surface area (Å²) in [5.74, 6) is -0.0601. The van der Waals surface area contributed by atoms with E-state index in [-0.39, 0.29) is 17.9 Å². The SMILES string of the molecule is NC(=S)C1CCCC1NC(=O)c1ccc(Br)cn1. The zero-order valence-electron chi connectivity index (χ0n) is 9.73. The van der Waals surface area contributed by atoms with Crippen molar-refractivity contribution in [3.8, 4) is 0 Å². The molecule has 1 aromatic rings. The Morgan fingerprint density at radius 1 is 1.50 bits per heavy atom. The predicted molar refractivity (Wildman–Crippen MR) is 77.3 cm³/mol. The smallest absolute Gasteiger partial charge is 0.270 e. The van der Waals surface area contributed by atoms with E-state index in [0.717, 1.165) is 23.7 Å². The van der Waals surface area contributed by atoms with Crippen molar-refractivity contribution in [3.63, 3.8) is 0 Å². The fourth-order valence-electron chi connectivity index (χ4n) is 2.23. The van der Waals surface area contributed by atoms with Crippen LogP contribution < -0.4 is 11.1 Å². The second kappa shape index (κ2) is 5.75. The van der Waals surface area contributed by atoms with Gasteiger partial charge < -0.3 is 11.1 Å². The highest BCUT2D eigenvalue weighted by atomic mass is 79.9. The number of rotatable bonds is 3. The average molecular weight is 328 g/mol. The van der Waals surface area contributed by atoms with Gasteiger partial charge in [-0.2, -0.15) is 0 Å². The molecule has 1 heterocycles. The van der Waals surface area contributed by atoms with E-state index in [1.165, 1.54) is 0 Å². The number of nitrogens with two attached hydrogens (primary N) is 1. The van der Waals surface area contributed by atoms with E-state index in [0.29, 0.717) is 10.7 Å². The van der Waals surface area contributed by atoms with Gasteiger partial charge in [-0.05, 0) is 40.9 Å². The van der Waals surface area contributed by atoms with Gasteiger partial charge in [-0.25, -0.2) is 4.98 Å². The molecule has 0 aromatic carbocycles. The second-order valence-corrected chi connectivity index (χ2v) is 5.77. The lowest BCUT2D eigenvalue weighted by Gasteiger charge is -2.19. The summed E-state index contributed by atoms with van der Waals surface area (Å²) in [5, 5.41) is 2.96. The molecule has 18 heavy (non-hydrogen) atoms. The standard InChI is InChI=1S/C12H14BrN3OS/c13-7-4-5-10(15-6-7)12(17)16-9-3-1-2-8(9)11(14)18/h4-6,8-9H,1-3H2,(H2,14,18)(H,16,17). The van der Waals surface area contributed by atoms with Crippen LogP contribution in [0.3, 0.4) is 0 Å². The van der Waals surface area contributed by atoms with Crippen molar-refractivity contribution in [2.24, 2.45) is 11.7 Å². The molecular weight excluding hydrogens is 314 g/mol. The maximum absolute atomic E-state index is 12.0. The number of nitrogens with zero attached hydrogens (tertiary/aromatic N) is 1. The summed E-state index contributed by atoms with van der Waals surface area (Å²) >= 11 is 8.31. The summed E-state index contributed by atoms with van der Waals surface area (Å²) in [6, 6.07) is 3.52. The van der Waals surface area contributed by atoms with Gasteiger partial charge in [0, 0.05) is 22.6 Å². The Morgan fingerprint density at radius 2 is 2.28 bits per heavy atom. The van der Waals surface area contributed by atoms with Crippen LogP contribution in [0, 0.1) is 5.92 Å². The van der Waals surface area contributed by atoms with Crippen LogP contribution in [0.15, 0.2) is 22.8 Å². The topological polar surface area (TPSA) is 68.0 Å². The summed E-state index contributed by atoms with van der Waals surface area (Å²) in [4.78, 5) is 16.6. The first-order valence-corrected chi connectivity index (χ1v) is 7.00. The zero-order chi connectivity index (χ0) is 13.1. The van der Waals surface area contributed by atoms with Gasteiger partial charge in [0.25, 0.3) is 5.91 Å². The van der Waals surface area contributed by atoms with E-state index < -0.39 is 0 Å². The number of amides is 1. The molecule has 1 fully saturated rings. The Balaban J connectivity index is 2.03. The minimum Gasteiger partial charge on any atom is -0.393 e. The van der Waals surface area contributed by atoms with E-state index in [2.05, 4.69) is 26.2 Å². The van der Waals surface area contributed by atoms with Gasteiger partial charge in [0.05, 0.1) is 4.99 Å². The van der Waals surface area contributed by atoms with Crippen LogP contribution in [0.4, 0.5) is 0 Å². The van der Waals surface area contributed by atoms with Crippen molar-refractivity contribution in [1.29, 1.82) is 0 Å². The Kier molecular flexibility index (Phi) is 4.29. The molecule has 0 spiro atoms. The first kappa shape index (κ1) is 13.4. The fraction of sp³-hybridized carbons (Fsp3) is 0.417. The van der Waals surface area contributed by atoms with Crippen LogP contribution in [0.25, 0.3) is 0 Å². The van der Waals surface area contributed by atoms with E-state index in [1.807, 2.05) is 0 Å². The number of carbonyl (C=O) groups excluding carboxylic acids is 1. The monoisotopic (exact) mass is 327 g/mol. The fourth-order valence-corrected chi connectivity index (χ4v) is 2.74. The number of hydrogen-bond acceptors (Lipinski definition) is 3. The first-order chi connectivity index (χ1) is 8.58. The molecule has 1 saturated carbocycles. The van der Waals surface area contributed by atoms with Gasteiger partial charge in [0.2, 0.25) is 0 Å². The van der Waals surface area contributed by atoms with E-state index in [4.69, 9.17) is 18.0 Å². The van der Waals surface area contributed by atoms with Crippen molar-refractivity contribution < 1.29 is 4.79 Å². The minimum atomic E-state index is -0.171. The van der Waals surface area contributed by atoms with Crippen LogP contribution in [-0.2, 0) is 0 Å². The first-order valence-electron chi connectivity index (χ1n) is 5.79.